The van der Waals surface area contributed by atoms with Crippen molar-refractivity contribution in [1.29, 1.82) is 5.26 Å². The molecule has 0 saturated heterocycles. The number of carbonyl (C=O) groups excluding carboxylic acids is 1. The van der Waals surface area contributed by atoms with Gasteiger partial charge in [-0.3, -0.25) is 0 Å². The molecule has 13 heavy (non-hydrogen) atoms. The summed E-state index contributed by atoms with van der Waals surface area (Å²) in [6.45, 7) is -0.0153. The fourth-order valence-electron chi connectivity index (χ4n) is 0.767. The first-order chi connectivity index (χ1) is 6.34. The Morgan fingerprint density at radius 3 is 2.77 bits per heavy atom. The molecular formula is C9H8N2O2. The summed E-state index contributed by atoms with van der Waals surface area (Å²) in [7, 11) is 0. The predicted octanol–water partition coefficient (Wildman–Crippen LogP) is 0.872. The standard InChI is InChI=1S/C9H8N2O2/c10-6-7-11-13-9(12)8-4-2-1-3-5-8/h1-5,11H,7H2. The summed E-state index contributed by atoms with van der Waals surface area (Å²) in [6.07, 6.45) is 0. The Kier molecular flexibility index (Phi) is 3.48. The highest BCUT2D eigenvalue weighted by Gasteiger charge is 2.04. The van der Waals surface area contributed by atoms with E-state index in [4.69, 9.17) is 5.26 Å². The van der Waals surface area contributed by atoms with E-state index in [1.807, 2.05) is 0 Å². The van der Waals surface area contributed by atoms with Gasteiger partial charge in [0.15, 0.2) is 0 Å². The summed E-state index contributed by atoms with van der Waals surface area (Å²) >= 11 is 0. The van der Waals surface area contributed by atoms with Crippen LogP contribution in [0.1, 0.15) is 10.4 Å². The first kappa shape index (κ1) is 9.23. The number of rotatable bonds is 3. The van der Waals surface area contributed by atoms with Gasteiger partial charge in [0.2, 0.25) is 0 Å². The van der Waals surface area contributed by atoms with Gasteiger partial charge in [-0.15, -0.1) is 5.48 Å². The lowest BCUT2D eigenvalue weighted by molar-refractivity contribution is 0.0282. The van der Waals surface area contributed by atoms with E-state index >= 15 is 0 Å². The molecule has 4 nitrogen and oxygen atoms in total. The van der Waals surface area contributed by atoms with Crippen LogP contribution in [0.2, 0.25) is 0 Å². The Balaban J connectivity index is 2.46. The van der Waals surface area contributed by atoms with Crippen molar-refractivity contribution in [1.82, 2.24) is 5.48 Å². The Hall–Kier alpha value is -1.86. The van der Waals surface area contributed by atoms with E-state index in [1.165, 1.54) is 0 Å². The molecule has 1 aromatic carbocycles. The molecule has 0 aromatic heterocycles. The van der Waals surface area contributed by atoms with Crippen molar-refractivity contribution in [2.75, 3.05) is 6.54 Å². The zero-order chi connectivity index (χ0) is 9.52. The highest BCUT2D eigenvalue weighted by Crippen LogP contribution is 1.99. The van der Waals surface area contributed by atoms with E-state index in [0.29, 0.717) is 5.56 Å². The molecule has 1 N–H and O–H groups in total. The minimum Gasteiger partial charge on any atom is -0.366 e. The van der Waals surface area contributed by atoms with Crippen molar-refractivity contribution in [3.8, 4) is 6.07 Å². The maximum atomic E-state index is 11.1. The molecule has 0 spiro atoms. The van der Waals surface area contributed by atoms with E-state index in [2.05, 4.69) is 10.3 Å². The molecule has 0 atom stereocenters. The first-order valence-corrected chi connectivity index (χ1v) is 3.70. The summed E-state index contributed by atoms with van der Waals surface area (Å²) in [5, 5.41) is 8.15. The SMILES string of the molecule is N#CCNOC(=O)c1ccccc1. The second-order valence-electron chi connectivity index (χ2n) is 2.23. The summed E-state index contributed by atoms with van der Waals surface area (Å²) in [5.41, 5.74) is 2.67. The predicted molar refractivity (Wildman–Crippen MR) is 45.5 cm³/mol. The van der Waals surface area contributed by atoms with Gasteiger partial charge in [0.05, 0.1) is 11.6 Å². The van der Waals surface area contributed by atoms with E-state index in [1.54, 1.807) is 36.4 Å². The first-order valence-electron chi connectivity index (χ1n) is 3.70. The van der Waals surface area contributed by atoms with Crippen LogP contribution in [0.5, 0.6) is 0 Å². The number of hydroxylamine groups is 1. The van der Waals surface area contributed by atoms with Gasteiger partial charge in [0.1, 0.15) is 6.54 Å². The highest BCUT2D eigenvalue weighted by atomic mass is 16.7. The van der Waals surface area contributed by atoms with Crippen molar-refractivity contribution < 1.29 is 9.63 Å². The fraction of sp³-hybridized carbons (Fsp3) is 0.111. The van der Waals surface area contributed by atoms with Crippen molar-refractivity contribution in [3.05, 3.63) is 35.9 Å². The molecule has 0 heterocycles. The Labute approximate surface area is 75.7 Å². The molecule has 0 aliphatic rings. The average molecular weight is 176 g/mol. The van der Waals surface area contributed by atoms with E-state index in [9.17, 15) is 4.79 Å². The third-order valence-electron chi connectivity index (χ3n) is 1.33. The number of nitrogens with zero attached hydrogens (tertiary/aromatic N) is 1. The van der Waals surface area contributed by atoms with Gasteiger partial charge in [-0.05, 0) is 12.1 Å². The minimum atomic E-state index is -0.490. The molecule has 1 rings (SSSR count). The van der Waals surface area contributed by atoms with Gasteiger partial charge in [-0.2, -0.15) is 5.26 Å². The maximum Gasteiger partial charge on any atom is 0.356 e. The van der Waals surface area contributed by atoms with Crippen LogP contribution in [-0.4, -0.2) is 12.5 Å². The van der Waals surface area contributed by atoms with Crippen LogP contribution in [0.25, 0.3) is 0 Å². The van der Waals surface area contributed by atoms with Gasteiger partial charge in [-0.1, -0.05) is 18.2 Å². The summed E-state index contributed by atoms with van der Waals surface area (Å²) in [5.74, 6) is -0.490. The van der Waals surface area contributed by atoms with Crippen LogP contribution >= 0.6 is 0 Å². The second-order valence-corrected chi connectivity index (χ2v) is 2.23. The Bertz CT molecular complexity index is 316. The molecule has 0 saturated carbocycles. The number of hydrogen-bond acceptors (Lipinski definition) is 4. The van der Waals surface area contributed by atoms with Crippen LogP contribution in [0.3, 0.4) is 0 Å². The Morgan fingerprint density at radius 1 is 1.46 bits per heavy atom. The normalized spacial score (nSPS) is 8.85. The van der Waals surface area contributed by atoms with Gasteiger partial charge in [0, 0.05) is 0 Å². The molecular weight excluding hydrogens is 168 g/mol. The number of nitriles is 1. The molecule has 66 valence electrons. The topological polar surface area (TPSA) is 62.1 Å². The van der Waals surface area contributed by atoms with Gasteiger partial charge in [-0.25, -0.2) is 4.79 Å². The third kappa shape index (κ3) is 2.93. The molecule has 1 aromatic rings. The van der Waals surface area contributed by atoms with Gasteiger partial charge in [0.25, 0.3) is 0 Å². The maximum absolute atomic E-state index is 11.1. The number of hydrogen-bond donors (Lipinski definition) is 1. The zero-order valence-electron chi connectivity index (χ0n) is 6.86. The van der Waals surface area contributed by atoms with E-state index in [0.717, 1.165) is 0 Å². The zero-order valence-corrected chi connectivity index (χ0v) is 6.86. The van der Waals surface area contributed by atoms with Crippen LogP contribution in [0.4, 0.5) is 0 Å². The van der Waals surface area contributed by atoms with E-state index in [-0.39, 0.29) is 6.54 Å². The van der Waals surface area contributed by atoms with Crippen LogP contribution in [0, 0.1) is 11.3 Å². The van der Waals surface area contributed by atoms with Crippen LogP contribution in [0.15, 0.2) is 30.3 Å². The monoisotopic (exact) mass is 176 g/mol. The lowest BCUT2D eigenvalue weighted by Crippen LogP contribution is -2.20. The lowest BCUT2D eigenvalue weighted by atomic mass is 10.2. The highest BCUT2D eigenvalue weighted by molar-refractivity contribution is 5.89. The summed E-state index contributed by atoms with van der Waals surface area (Å²) in [4.78, 5) is 15.7. The minimum absolute atomic E-state index is 0.0153. The van der Waals surface area contributed by atoms with Gasteiger partial charge < -0.3 is 4.84 Å². The van der Waals surface area contributed by atoms with Crippen molar-refractivity contribution in [2.24, 2.45) is 0 Å². The second kappa shape index (κ2) is 4.91. The van der Waals surface area contributed by atoms with E-state index < -0.39 is 5.97 Å². The summed E-state index contributed by atoms with van der Waals surface area (Å²) in [6, 6.07) is 10.3. The number of carbonyl (C=O) groups is 1. The fourth-order valence-corrected chi connectivity index (χ4v) is 0.767. The van der Waals surface area contributed by atoms with Crippen LogP contribution in [-0.2, 0) is 4.84 Å². The largest absolute Gasteiger partial charge is 0.366 e. The van der Waals surface area contributed by atoms with Crippen molar-refractivity contribution in [3.63, 3.8) is 0 Å². The third-order valence-corrected chi connectivity index (χ3v) is 1.33. The quantitative estimate of drug-likeness (QED) is 0.421. The summed E-state index contributed by atoms with van der Waals surface area (Å²) < 4.78 is 0. The lowest BCUT2D eigenvalue weighted by Gasteiger charge is -2.00. The molecule has 0 aliphatic carbocycles. The molecule has 0 amide bonds. The smallest absolute Gasteiger partial charge is 0.356 e. The Morgan fingerprint density at radius 2 is 2.15 bits per heavy atom. The average Bonchev–Trinajstić information content (AvgIpc) is 2.19. The molecule has 0 aliphatic heterocycles. The molecule has 0 radical (unpaired) electrons. The molecule has 0 fully saturated rings. The number of benzene rings is 1. The van der Waals surface area contributed by atoms with Crippen molar-refractivity contribution >= 4 is 5.97 Å². The molecule has 0 unspecified atom stereocenters. The van der Waals surface area contributed by atoms with Gasteiger partial charge >= 0.3 is 5.97 Å². The number of nitrogens with one attached hydrogen (secondary N) is 1. The van der Waals surface area contributed by atoms with Crippen LogP contribution < -0.4 is 5.48 Å². The molecule has 0 bridgehead atoms. The molecule has 4 heteroatoms. The van der Waals surface area contributed by atoms with Crippen molar-refractivity contribution in [2.45, 2.75) is 0 Å².